The molecule has 98 valence electrons. The van der Waals surface area contributed by atoms with Crippen molar-refractivity contribution in [3.05, 3.63) is 22.7 Å². The van der Waals surface area contributed by atoms with Gasteiger partial charge in [-0.2, -0.15) is 5.10 Å². The standard InChI is InChI=1S/C11H15ClN4O2/c1-6(15-16-11(13)14)7-4-8(12)10(18-3)5-9(7)17-2/h4-5H,1-3H3,(H4,13,14,16)/b15-6+. The fourth-order valence-corrected chi connectivity index (χ4v) is 1.57. The van der Waals surface area contributed by atoms with Crippen molar-refractivity contribution in [3.8, 4) is 11.5 Å². The lowest BCUT2D eigenvalue weighted by Crippen LogP contribution is -2.22. The number of halogens is 1. The number of methoxy groups -OCH3 is 2. The molecule has 0 saturated heterocycles. The minimum absolute atomic E-state index is 0.118. The predicted molar refractivity (Wildman–Crippen MR) is 72.6 cm³/mol. The fourth-order valence-electron chi connectivity index (χ4n) is 1.33. The molecular weight excluding hydrogens is 256 g/mol. The Morgan fingerprint density at radius 3 is 2.22 bits per heavy atom. The van der Waals surface area contributed by atoms with Crippen LogP contribution in [0.5, 0.6) is 11.5 Å². The molecule has 0 bridgehead atoms. The maximum Gasteiger partial charge on any atom is 0.211 e. The van der Waals surface area contributed by atoms with Crippen molar-refractivity contribution in [1.29, 1.82) is 0 Å². The van der Waals surface area contributed by atoms with Crippen LogP contribution >= 0.6 is 11.6 Å². The zero-order chi connectivity index (χ0) is 13.7. The second-order valence-corrected chi connectivity index (χ2v) is 3.80. The lowest BCUT2D eigenvalue weighted by atomic mass is 10.1. The Morgan fingerprint density at radius 1 is 1.11 bits per heavy atom. The topological polar surface area (TPSA) is 95.2 Å². The summed E-state index contributed by atoms with van der Waals surface area (Å²) >= 11 is 6.04. The van der Waals surface area contributed by atoms with E-state index in [1.165, 1.54) is 7.11 Å². The summed E-state index contributed by atoms with van der Waals surface area (Å²) < 4.78 is 10.3. The molecule has 0 aliphatic heterocycles. The zero-order valence-electron chi connectivity index (χ0n) is 10.4. The quantitative estimate of drug-likeness (QED) is 0.490. The van der Waals surface area contributed by atoms with E-state index in [1.54, 1.807) is 26.2 Å². The third-order valence-corrected chi connectivity index (χ3v) is 2.47. The first-order valence-electron chi connectivity index (χ1n) is 5.04. The fraction of sp³-hybridized carbons (Fsp3) is 0.273. The number of benzene rings is 1. The molecule has 0 spiro atoms. The van der Waals surface area contributed by atoms with E-state index in [4.69, 9.17) is 32.5 Å². The van der Waals surface area contributed by atoms with Gasteiger partial charge < -0.3 is 20.9 Å². The minimum atomic E-state index is -0.118. The van der Waals surface area contributed by atoms with Gasteiger partial charge >= 0.3 is 0 Å². The molecule has 6 nitrogen and oxygen atoms in total. The van der Waals surface area contributed by atoms with E-state index in [1.807, 2.05) is 0 Å². The minimum Gasteiger partial charge on any atom is -0.496 e. The average Bonchev–Trinajstić information content (AvgIpc) is 2.35. The van der Waals surface area contributed by atoms with Crippen LogP contribution in [0.4, 0.5) is 0 Å². The molecule has 0 heterocycles. The van der Waals surface area contributed by atoms with Gasteiger partial charge in [0, 0.05) is 11.6 Å². The first kappa shape index (κ1) is 14.1. The Balaban J connectivity index is 3.27. The van der Waals surface area contributed by atoms with Gasteiger partial charge in [0.25, 0.3) is 0 Å². The number of guanidine groups is 1. The van der Waals surface area contributed by atoms with Crippen molar-refractivity contribution < 1.29 is 9.47 Å². The Kier molecular flexibility index (Phi) is 4.79. The van der Waals surface area contributed by atoms with Gasteiger partial charge in [-0.05, 0) is 13.0 Å². The molecule has 0 amide bonds. The third-order valence-electron chi connectivity index (χ3n) is 2.18. The molecule has 0 aliphatic carbocycles. The average molecular weight is 271 g/mol. The SMILES string of the molecule is COc1cc(OC)c(/C(C)=N/N=C(N)N)cc1Cl. The molecule has 0 radical (unpaired) electrons. The number of hydrogen-bond donors (Lipinski definition) is 2. The van der Waals surface area contributed by atoms with Crippen LogP contribution in [0, 0.1) is 0 Å². The Morgan fingerprint density at radius 2 is 1.72 bits per heavy atom. The Bertz CT molecular complexity index is 496. The summed E-state index contributed by atoms with van der Waals surface area (Å²) in [5, 5.41) is 7.90. The second kappa shape index (κ2) is 6.11. The summed E-state index contributed by atoms with van der Waals surface area (Å²) in [6.45, 7) is 1.74. The Hall–Kier alpha value is -1.95. The van der Waals surface area contributed by atoms with Crippen molar-refractivity contribution in [2.45, 2.75) is 6.92 Å². The van der Waals surface area contributed by atoms with Crippen molar-refractivity contribution in [2.24, 2.45) is 21.7 Å². The molecule has 0 unspecified atom stereocenters. The molecule has 4 N–H and O–H groups in total. The summed E-state index contributed by atoms with van der Waals surface area (Å²) in [4.78, 5) is 0. The van der Waals surface area contributed by atoms with Crippen molar-refractivity contribution in [3.63, 3.8) is 0 Å². The van der Waals surface area contributed by atoms with Crippen LogP contribution < -0.4 is 20.9 Å². The van der Waals surface area contributed by atoms with Crippen LogP contribution in [0.1, 0.15) is 12.5 Å². The molecular formula is C11H15ClN4O2. The van der Waals surface area contributed by atoms with Gasteiger partial charge in [0.2, 0.25) is 5.96 Å². The molecule has 0 aliphatic rings. The first-order chi connectivity index (χ1) is 8.49. The van der Waals surface area contributed by atoms with Gasteiger partial charge in [-0.1, -0.05) is 11.6 Å². The molecule has 7 heteroatoms. The van der Waals surface area contributed by atoms with Gasteiger partial charge in [0.1, 0.15) is 11.5 Å². The maximum absolute atomic E-state index is 6.04. The summed E-state index contributed by atoms with van der Waals surface area (Å²) in [6, 6.07) is 3.35. The number of hydrogen-bond acceptors (Lipinski definition) is 4. The van der Waals surface area contributed by atoms with Gasteiger partial charge in [-0.3, -0.25) is 0 Å². The predicted octanol–water partition coefficient (Wildman–Crippen LogP) is 1.35. The van der Waals surface area contributed by atoms with E-state index in [2.05, 4.69) is 10.2 Å². The van der Waals surface area contributed by atoms with E-state index < -0.39 is 0 Å². The van der Waals surface area contributed by atoms with Crippen LogP contribution in [-0.2, 0) is 0 Å². The third kappa shape index (κ3) is 3.27. The van der Waals surface area contributed by atoms with Crippen LogP contribution in [0.2, 0.25) is 5.02 Å². The van der Waals surface area contributed by atoms with Gasteiger partial charge in [-0.15, -0.1) is 5.10 Å². The normalized spacial score (nSPS) is 11.0. The molecule has 1 rings (SSSR count). The zero-order valence-corrected chi connectivity index (χ0v) is 11.2. The summed E-state index contributed by atoms with van der Waals surface area (Å²) in [5.41, 5.74) is 11.7. The highest BCUT2D eigenvalue weighted by Crippen LogP contribution is 2.32. The van der Waals surface area contributed by atoms with E-state index in [0.717, 1.165) is 0 Å². The number of nitrogens with zero attached hydrogens (tertiary/aromatic N) is 2. The molecule has 0 atom stereocenters. The largest absolute Gasteiger partial charge is 0.496 e. The van der Waals surface area contributed by atoms with Gasteiger partial charge in [0.15, 0.2) is 0 Å². The highest BCUT2D eigenvalue weighted by Gasteiger charge is 2.12. The van der Waals surface area contributed by atoms with E-state index >= 15 is 0 Å². The molecule has 0 fully saturated rings. The highest BCUT2D eigenvalue weighted by molar-refractivity contribution is 6.32. The molecule has 1 aromatic rings. The van der Waals surface area contributed by atoms with Crippen LogP contribution in [0.15, 0.2) is 22.3 Å². The van der Waals surface area contributed by atoms with Crippen LogP contribution in [-0.4, -0.2) is 25.9 Å². The molecule has 0 saturated carbocycles. The number of rotatable bonds is 4. The molecule has 0 aromatic heterocycles. The second-order valence-electron chi connectivity index (χ2n) is 3.40. The first-order valence-corrected chi connectivity index (χ1v) is 5.42. The molecule has 1 aromatic carbocycles. The van der Waals surface area contributed by atoms with Crippen LogP contribution in [0.3, 0.4) is 0 Å². The lowest BCUT2D eigenvalue weighted by Gasteiger charge is -2.11. The van der Waals surface area contributed by atoms with Gasteiger partial charge in [-0.25, -0.2) is 0 Å². The van der Waals surface area contributed by atoms with E-state index in [0.29, 0.717) is 27.8 Å². The Labute approximate surface area is 110 Å². The van der Waals surface area contributed by atoms with Crippen molar-refractivity contribution in [1.82, 2.24) is 0 Å². The van der Waals surface area contributed by atoms with Gasteiger partial charge in [0.05, 0.1) is 25.0 Å². The number of nitrogens with two attached hydrogens (primary N) is 2. The molecule has 18 heavy (non-hydrogen) atoms. The van der Waals surface area contributed by atoms with E-state index in [-0.39, 0.29) is 5.96 Å². The van der Waals surface area contributed by atoms with E-state index in [9.17, 15) is 0 Å². The summed E-state index contributed by atoms with van der Waals surface area (Å²) in [6.07, 6.45) is 0. The summed E-state index contributed by atoms with van der Waals surface area (Å²) in [5.74, 6) is 0.975. The summed E-state index contributed by atoms with van der Waals surface area (Å²) in [7, 11) is 3.07. The number of ether oxygens (including phenoxy) is 2. The lowest BCUT2D eigenvalue weighted by molar-refractivity contribution is 0.394. The highest BCUT2D eigenvalue weighted by atomic mass is 35.5. The van der Waals surface area contributed by atoms with Crippen molar-refractivity contribution in [2.75, 3.05) is 14.2 Å². The van der Waals surface area contributed by atoms with Crippen LogP contribution in [0.25, 0.3) is 0 Å². The smallest absolute Gasteiger partial charge is 0.211 e. The monoisotopic (exact) mass is 270 g/mol. The van der Waals surface area contributed by atoms with Crippen molar-refractivity contribution >= 4 is 23.3 Å². The maximum atomic E-state index is 6.04.